The summed E-state index contributed by atoms with van der Waals surface area (Å²) in [6.07, 6.45) is 1.61. The molecular formula is C25H24N4O2. The number of aromatic amines is 1. The number of nitrogens with zero attached hydrogens (tertiary/aromatic N) is 1. The number of amides is 2. The fourth-order valence-electron chi connectivity index (χ4n) is 3.32. The molecule has 0 aliphatic rings. The summed E-state index contributed by atoms with van der Waals surface area (Å²) in [7, 11) is 0. The Morgan fingerprint density at radius 1 is 0.871 bits per heavy atom. The second-order valence-corrected chi connectivity index (χ2v) is 8.42. The third kappa shape index (κ3) is 4.48. The van der Waals surface area contributed by atoms with Gasteiger partial charge in [-0.3, -0.25) is 9.59 Å². The first-order chi connectivity index (χ1) is 14.8. The molecule has 2 amide bonds. The predicted octanol–water partition coefficient (Wildman–Crippen LogP) is 5.37. The molecule has 4 rings (SSSR count). The topological polar surface area (TPSA) is 86.9 Å². The quantitative estimate of drug-likeness (QED) is 0.421. The fraction of sp³-hybridized carbons (Fsp3) is 0.160. The van der Waals surface area contributed by atoms with Gasteiger partial charge in [0.15, 0.2) is 0 Å². The lowest BCUT2D eigenvalue weighted by Crippen LogP contribution is -2.18. The minimum atomic E-state index is -0.308. The minimum absolute atomic E-state index is 0.0128. The van der Waals surface area contributed by atoms with E-state index in [9.17, 15) is 9.59 Å². The van der Waals surface area contributed by atoms with Gasteiger partial charge in [-0.05, 0) is 53.4 Å². The van der Waals surface area contributed by atoms with Crippen molar-refractivity contribution in [3.05, 3.63) is 89.7 Å². The highest BCUT2D eigenvalue weighted by Gasteiger charge is 2.17. The Labute approximate surface area is 180 Å². The highest BCUT2D eigenvalue weighted by Crippen LogP contribution is 2.23. The number of hydrogen-bond acceptors (Lipinski definition) is 3. The second-order valence-electron chi connectivity index (χ2n) is 8.42. The number of rotatable bonds is 4. The summed E-state index contributed by atoms with van der Waals surface area (Å²) in [5.41, 5.74) is 4.83. The number of benzene rings is 3. The van der Waals surface area contributed by atoms with E-state index in [0.29, 0.717) is 22.5 Å². The molecule has 3 aromatic carbocycles. The van der Waals surface area contributed by atoms with Crippen molar-refractivity contribution in [2.45, 2.75) is 26.2 Å². The van der Waals surface area contributed by atoms with Crippen molar-refractivity contribution in [1.29, 1.82) is 0 Å². The molecule has 156 valence electrons. The lowest BCUT2D eigenvalue weighted by Gasteiger charge is -2.19. The molecule has 0 aliphatic heterocycles. The standard InChI is InChI=1S/C25H24N4O2/c1-25(2,3)17-10-8-16(9-11-17)23(30)29-20-7-5-4-6-19(20)24(31)28-18-12-13-21-22(14-18)27-15-26-21/h4-15H,1-3H3,(H,26,27)(H,28,31)(H,29,30). The van der Waals surface area contributed by atoms with Crippen molar-refractivity contribution in [3.8, 4) is 0 Å². The van der Waals surface area contributed by atoms with Crippen LogP contribution in [-0.2, 0) is 5.41 Å². The zero-order chi connectivity index (χ0) is 22.0. The van der Waals surface area contributed by atoms with E-state index < -0.39 is 0 Å². The number of aromatic nitrogens is 2. The van der Waals surface area contributed by atoms with E-state index in [4.69, 9.17) is 0 Å². The lowest BCUT2D eigenvalue weighted by molar-refractivity contribution is 0.102. The van der Waals surface area contributed by atoms with Crippen LogP contribution in [0.2, 0.25) is 0 Å². The number of imidazole rings is 1. The normalized spacial score (nSPS) is 11.3. The molecule has 3 N–H and O–H groups in total. The van der Waals surface area contributed by atoms with Crippen molar-refractivity contribution >= 4 is 34.2 Å². The number of hydrogen-bond donors (Lipinski definition) is 3. The molecule has 0 atom stereocenters. The van der Waals surface area contributed by atoms with Crippen molar-refractivity contribution < 1.29 is 9.59 Å². The highest BCUT2D eigenvalue weighted by molar-refractivity contribution is 6.12. The lowest BCUT2D eigenvalue weighted by atomic mass is 9.86. The van der Waals surface area contributed by atoms with Crippen molar-refractivity contribution in [2.75, 3.05) is 10.6 Å². The monoisotopic (exact) mass is 412 g/mol. The second kappa shape index (κ2) is 8.07. The van der Waals surface area contributed by atoms with Gasteiger partial charge in [-0.1, -0.05) is 45.0 Å². The van der Waals surface area contributed by atoms with Gasteiger partial charge in [0.25, 0.3) is 11.8 Å². The number of nitrogens with one attached hydrogen (secondary N) is 3. The molecule has 6 nitrogen and oxygen atoms in total. The van der Waals surface area contributed by atoms with E-state index in [2.05, 4.69) is 41.4 Å². The molecule has 0 bridgehead atoms. The maximum atomic E-state index is 12.9. The first kappa shape index (κ1) is 20.3. The van der Waals surface area contributed by atoms with E-state index in [1.54, 1.807) is 48.8 Å². The van der Waals surface area contributed by atoms with E-state index in [0.717, 1.165) is 16.6 Å². The van der Waals surface area contributed by atoms with Gasteiger partial charge in [-0.25, -0.2) is 4.98 Å². The largest absolute Gasteiger partial charge is 0.345 e. The predicted molar refractivity (Wildman–Crippen MR) is 124 cm³/mol. The summed E-state index contributed by atoms with van der Waals surface area (Å²) in [6, 6.07) is 19.9. The number of fused-ring (bicyclic) bond motifs is 1. The average Bonchev–Trinajstić information content (AvgIpc) is 3.21. The molecule has 0 fully saturated rings. The van der Waals surface area contributed by atoms with Gasteiger partial charge < -0.3 is 15.6 Å². The average molecular weight is 412 g/mol. The zero-order valence-electron chi connectivity index (χ0n) is 17.7. The Morgan fingerprint density at radius 3 is 2.35 bits per heavy atom. The molecule has 0 radical (unpaired) electrons. The Morgan fingerprint density at radius 2 is 1.61 bits per heavy atom. The summed E-state index contributed by atoms with van der Waals surface area (Å²) in [6.45, 7) is 6.38. The van der Waals surface area contributed by atoms with Gasteiger partial charge in [-0.15, -0.1) is 0 Å². The molecule has 0 saturated heterocycles. The maximum absolute atomic E-state index is 12.9. The third-order valence-electron chi connectivity index (χ3n) is 5.11. The van der Waals surface area contributed by atoms with Gasteiger partial charge >= 0.3 is 0 Å². The number of carbonyl (C=O) groups is 2. The van der Waals surface area contributed by atoms with Crippen LogP contribution in [0.1, 0.15) is 47.1 Å². The molecule has 1 aromatic heterocycles. The first-order valence-electron chi connectivity index (χ1n) is 10.1. The summed E-state index contributed by atoms with van der Waals surface area (Å²) in [5, 5.41) is 5.74. The molecule has 31 heavy (non-hydrogen) atoms. The van der Waals surface area contributed by atoms with Crippen LogP contribution in [0.15, 0.2) is 73.1 Å². The van der Waals surface area contributed by atoms with Gasteiger partial charge in [0.05, 0.1) is 28.6 Å². The SMILES string of the molecule is CC(C)(C)c1ccc(C(=O)Nc2ccccc2C(=O)Nc2ccc3nc[nH]c3c2)cc1. The Bertz CT molecular complexity index is 1250. The first-order valence-corrected chi connectivity index (χ1v) is 10.1. The van der Waals surface area contributed by atoms with Crippen molar-refractivity contribution in [2.24, 2.45) is 0 Å². The molecule has 6 heteroatoms. The Kier molecular flexibility index (Phi) is 5.29. The van der Waals surface area contributed by atoms with E-state index in [1.165, 1.54) is 0 Å². The number of para-hydroxylation sites is 1. The highest BCUT2D eigenvalue weighted by atomic mass is 16.2. The number of H-pyrrole nitrogens is 1. The van der Waals surface area contributed by atoms with Gasteiger partial charge in [0, 0.05) is 11.3 Å². The summed E-state index contributed by atoms with van der Waals surface area (Å²) >= 11 is 0. The molecular weight excluding hydrogens is 388 g/mol. The molecule has 0 aliphatic carbocycles. The summed E-state index contributed by atoms with van der Waals surface area (Å²) < 4.78 is 0. The fourth-order valence-corrected chi connectivity index (χ4v) is 3.32. The molecule has 0 unspecified atom stereocenters. The van der Waals surface area contributed by atoms with Crippen LogP contribution in [0.25, 0.3) is 11.0 Å². The van der Waals surface area contributed by atoms with E-state index in [1.807, 2.05) is 24.3 Å². The van der Waals surface area contributed by atoms with Crippen LogP contribution in [0.4, 0.5) is 11.4 Å². The molecule has 0 spiro atoms. The third-order valence-corrected chi connectivity index (χ3v) is 5.11. The van der Waals surface area contributed by atoms with Crippen LogP contribution in [0, 0.1) is 0 Å². The van der Waals surface area contributed by atoms with Crippen LogP contribution < -0.4 is 10.6 Å². The maximum Gasteiger partial charge on any atom is 0.257 e. The smallest absolute Gasteiger partial charge is 0.257 e. The van der Waals surface area contributed by atoms with Crippen LogP contribution in [-0.4, -0.2) is 21.8 Å². The minimum Gasteiger partial charge on any atom is -0.345 e. The van der Waals surface area contributed by atoms with E-state index in [-0.39, 0.29) is 17.2 Å². The number of anilines is 2. The number of carbonyl (C=O) groups excluding carboxylic acids is 2. The van der Waals surface area contributed by atoms with Gasteiger partial charge in [0.2, 0.25) is 0 Å². The molecule has 1 heterocycles. The van der Waals surface area contributed by atoms with Gasteiger partial charge in [-0.2, -0.15) is 0 Å². The molecule has 0 saturated carbocycles. The zero-order valence-corrected chi connectivity index (χ0v) is 17.7. The van der Waals surface area contributed by atoms with Gasteiger partial charge in [0.1, 0.15) is 0 Å². The van der Waals surface area contributed by atoms with Crippen molar-refractivity contribution in [3.63, 3.8) is 0 Å². The van der Waals surface area contributed by atoms with Crippen LogP contribution in [0.5, 0.6) is 0 Å². The Hall–Kier alpha value is -3.93. The van der Waals surface area contributed by atoms with E-state index >= 15 is 0 Å². The summed E-state index contributed by atoms with van der Waals surface area (Å²) in [5.74, 6) is -0.572. The van der Waals surface area contributed by atoms with Crippen LogP contribution >= 0.6 is 0 Å². The Balaban J connectivity index is 1.52. The van der Waals surface area contributed by atoms with Crippen LogP contribution in [0.3, 0.4) is 0 Å². The summed E-state index contributed by atoms with van der Waals surface area (Å²) in [4.78, 5) is 32.9. The molecule has 4 aromatic rings. The van der Waals surface area contributed by atoms with Crippen molar-refractivity contribution in [1.82, 2.24) is 9.97 Å².